The van der Waals surface area contributed by atoms with Gasteiger partial charge in [-0.2, -0.15) is 19.3 Å². The summed E-state index contributed by atoms with van der Waals surface area (Å²) in [6.07, 6.45) is 1.29. The number of rotatable bonds is 5. The normalized spacial score (nSPS) is 11.3. The average molecular weight is 292 g/mol. The summed E-state index contributed by atoms with van der Waals surface area (Å²) in [6, 6.07) is 6.54. The fraction of sp³-hybridized carbons (Fsp3) is 0.167. The van der Waals surface area contributed by atoms with Gasteiger partial charge in [-0.15, -0.1) is 10.2 Å². The van der Waals surface area contributed by atoms with E-state index in [1.165, 1.54) is 12.3 Å². The molecule has 1 aromatic carbocycles. The van der Waals surface area contributed by atoms with E-state index < -0.39 is 6.61 Å². The first-order valence-corrected chi connectivity index (χ1v) is 5.76. The molecular weight excluding hydrogens is 282 g/mol. The lowest BCUT2D eigenvalue weighted by Crippen LogP contribution is -2.04. The number of H-pyrrole nitrogens is 1. The largest absolute Gasteiger partial charge is 0.433 e. The monoisotopic (exact) mass is 292 g/mol. The molecular formula is C12H10F2N6O. The molecule has 1 heterocycles. The molecule has 0 saturated heterocycles. The number of nitrogens with zero attached hydrogens (tertiary/aromatic N) is 4. The Morgan fingerprint density at radius 2 is 2.33 bits per heavy atom. The van der Waals surface area contributed by atoms with Crippen LogP contribution >= 0.6 is 0 Å². The standard InChI is InChI=1S/C12H10F2N6O/c1-7-2-3-10(21-12(13)14)9(4-7)16-6-8(5-15)11-17-19-20-18-11/h2-4,6,12,16H,1H3,(H,17,18,19,20). The molecule has 0 aliphatic heterocycles. The van der Waals surface area contributed by atoms with Gasteiger partial charge in [-0.25, -0.2) is 0 Å². The number of halogens is 2. The molecule has 0 bridgehead atoms. The van der Waals surface area contributed by atoms with Crippen molar-refractivity contribution in [1.82, 2.24) is 20.6 Å². The van der Waals surface area contributed by atoms with Crippen molar-refractivity contribution in [2.45, 2.75) is 13.5 Å². The third kappa shape index (κ3) is 3.73. The van der Waals surface area contributed by atoms with Gasteiger partial charge in [-0.05, 0) is 29.8 Å². The summed E-state index contributed by atoms with van der Waals surface area (Å²) in [5, 5.41) is 24.6. The third-order valence-corrected chi connectivity index (χ3v) is 2.43. The second-order valence-corrected chi connectivity index (χ2v) is 3.93. The average Bonchev–Trinajstić information content (AvgIpc) is 2.96. The number of nitriles is 1. The van der Waals surface area contributed by atoms with E-state index in [9.17, 15) is 8.78 Å². The zero-order valence-electron chi connectivity index (χ0n) is 10.8. The second kappa shape index (κ2) is 6.42. The highest BCUT2D eigenvalue weighted by molar-refractivity contribution is 5.75. The minimum atomic E-state index is -2.94. The number of allylic oxidation sites excluding steroid dienone is 1. The maximum atomic E-state index is 12.3. The molecule has 0 spiro atoms. The summed E-state index contributed by atoms with van der Waals surface area (Å²) in [5.74, 6) is 0.0613. The number of aromatic amines is 1. The quantitative estimate of drug-likeness (QED) is 0.818. The number of hydrogen-bond acceptors (Lipinski definition) is 6. The van der Waals surface area contributed by atoms with Crippen LogP contribution in [0.4, 0.5) is 14.5 Å². The van der Waals surface area contributed by atoms with Gasteiger partial charge in [0.2, 0.25) is 5.82 Å². The van der Waals surface area contributed by atoms with Crippen LogP contribution in [-0.4, -0.2) is 27.2 Å². The van der Waals surface area contributed by atoms with Crippen molar-refractivity contribution in [1.29, 1.82) is 5.26 Å². The van der Waals surface area contributed by atoms with Crippen molar-refractivity contribution in [2.24, 2.45) is 0 Å². The van der Waals surface area contributed by atoms with Gasteiger partial charge in [0, 0.05) is 6.20 Å². The first kappa shape index (κ1) is 14.4. The van der Waals surface area contributed by atoms with Crippen LogP contribution in [0.1, 0.15) is 11.4 Å². The van der Waals surface area contributed by atoms with Crippen molar-refractivity contribution in [2.75, 3.05) is 5.32 Å². The molecule has 0 radical (unpaired) electrons. The Balaban J connectivity index is 2.26. The van der Waals surface area contributed by atoms with E-state index in [-0.39, 0.29) is 17.1 Å². The Bertz CT molecular complexity index is 678. The Morgan fingerprint density at radius 1 is 1.52 bits per heavy atom. The highest BCUT2D eigenvalue weighted by Crippen LogP contribution is 2.27. The van der Waals surface area contributed by atoms with E-state index in [0.29, 0.717) is 5.69 Å². The molecule has 0 atom stereocenters. The summed E-state index contributed by atoms with van der Waals surface area (Å²) < 4.78 is 29.1. The Labute approximate surface area is 118 Å². The number of anilines is 1. The SMILES string of the molecule is Cc1ccc(OC(F)F)c(NC=C(C#N)c2nn[nH]n2)c1. The first-order chi connectivity index (χ1) is 10.1. The molecule has 2 N–H and O–H groups in total. The molecule has 0 aliphatic carbocycles. The molecule has 0 amide bonds. The minimum absolute atomic E-state index is 0.0303. The predicted octanol–water partition coefficient (Wildman–Crippen LogP) is 2.09. The van der Waals surface area contributed by atoms with Crippen LogP contribution in [0.2, 0.25) is 0 Å². The number of hydrogen-bond donors (Lipinski definition) is 2. The Hall–Kier alpha value is -3.02. The molecule has 2 aromatic rings. The van der Waals surface area contributed by atoms with E-state index >= 15 is 0 Å². The molecule has 0 unspecified atom stereocenters. The number of nitrogens with one attached hydrogen (secondary N) is 2. The zero-order valence-corrected chi connectivity index (χ0v) is 10.8. The number of tetrazole rings is 1. The second-order valence-electron chi connectivity index (χ2n) is 3.93. The lowest BCUT2D eigenvalue weighted by molar-refractivity contribution is -0.0493. The van der Waals surface area contributed by atoms with Gasteiger partial charge in [0.1, 0.15) is 17.4 Å². The van der Waals surface area contributed by atoms with Gasteiger partial charge in [-0.3, -0.25) is 0 Å². The maximum Gasteiger partial charge on any atom is 0.387 e. The van der Waals surface area contributed by atoms with Crippen LogP contribution < -0.4 is 10.1 Å². The molecule has 0 saturated carbocycles. The van der Waals surface area contributed by atoms with E-state index in [1.807, 2.05) is 6.07 Å². The van der Waals surface area contributed by atoms with Crippen molar-refractivity contribution in [3.8, 4) is 11.8 Å². The first-order valence-electron chi connectivity index (χ1n) is 5.76. The number of aryl methyl sites for hydroxylation is 1. The van der Waals surface area contributed by atoms with Gasteiger partial charge < -0.3 is 10.1 Å². The highest BCUT2D eigenvalue weighted by Gasteiger charge is 2.10. The topological polar surface area (TPSA) is 99.5 Å². The summed E-state index contributed by atoms with van der Waals surface area (Å²) in [5.41, 5.74) is 1.23. The molecule has 2 rings (SSSR count). The van der Waals surface area contributed by atoms with Crippen LogP contribution in [0.5, 0.6) is 5.75 Å². The molecule has 21 heavy (non-hydrogen) atoms. The Kier molecular flexibility index (Phi) is 4.40. The van der Waals surface area contributed by atoms with Crippen molar-refractivity contribution in [3.05, 3.63) is 35.8 Å². The van der Waals surface area contributed by atoms with Crippen LogP contribution in [0, 0.1) is 18.3 Å². The van der Waals surface area contributed by atoms with Crippen molar-refractivity contribution in [3.63, 3.8) is 0 Å². The number of aromatic nitrogens is 4. The van der Waals surface area contributed by atoms with E-state index in [1.54, 1.807) is 19.1 Å². The molecule has 9 heteroatoms. The van der Waals surface area contributed by atoms with Crippen molar-refractivity contribution >= 4 is 11.3 Å². The number of benzene rings is 1. The minimum Gasteiger partial charge on any atom is -0.433 e. The lowest BCUT2D eigenvalue weighted by Gasteiger charge is -2.11. The summed E-state index contributed by atoms with van der Waals surface area (Å²) in [4.78, 5) is 0. The van der Waals surface area contributed by atoms with E-state index in [2.05, 4.69) is 30.7 Å². The lowest BCUT2D eigenvalue weighted by atomic mass is 10.2. The third-order valence-electron chi connectivity index (χ3n) is 2.43. The van der Waals surface area contributed by atoms with Gasteiger partial charge in [0.05, 0.1) is 5.69 Å². The fourth-order valence-corrected chi connectivity index (χ4v) is 1.53. The van der Waals surface area contributed by atoms with Crippen LogP contribution in [0.3, 0.4) is 0 Å². The fourth-order valence-electron chi connectivity index (χ4n) is 1.53. The van der Waals surface area contributed by atoms with Crippen LogP contribution in [-0.2, 0) is 0 Å². The maximum absolute atomic E-state index is 12.3. The zero-order chi connectivity index (χ0) is 15.2. The summed E-state index contributed by atoms with van der Waals surface area (Å²) in [7, 11) is 0. The van der Waals surface area contributed by atoms with Gasteiger partial charge in [-0.1, -0.05) is 6.07 Å². The number of alkyl halides is 2. The van der Waals surface area contributed by atoms with Crippen LogP contribution in [0.15, 0.2) is 24.4 Å². The molecule has 7 nitrogen and oxygen atoms in total. The van der Waals surface area contributed by atoms with E-state index in [4.69, 9.17) is 5.26 Å². The summed E-state index contributed by atoms with van der Waals surface area (Å²) in [6.45, 7) is -1.14. The van der Waals surface area contributed by atoms with Gasteiger partial charge in [0.25, 0.3) is 0 Å². The van der Waals surface area contributed by atoms with Gasteiger partial charge >= 0.3 is 6.61 Å². The molecule has 108 valence electrons. The smallest absolute Gasteiger partial charge is 0.387 e. The molecule has 1 aromatic heterocycles. The Morgan fingerprint density at radius 3 is 2.95 bits per heavy atom. The predicted molar refractivity (Wildman–Crippen MR) is 69.2 cm³/mol. The van der Waals surface area contributed by atoms with Crippen LogP contribution in [0.25, 0.3) is 5.57 Å². The van der Waals surface area contributed by atoms with E-state index in [0.717, 1.165) is 5.56 Å². The molecule has 0 fully saturated rings. The highest BCUT2D eigenvalue weighted by atomic mass is 19.3. The van der Waals surface area contributed by atoms with Gasteiger partial charge in [0.15, 0.2) is 0 Å². The summed E-state index contributed by atoms with van der Waals surface area (Å²) >= 11 is 0. The molecule has 0 aliphatic rings. The van der Waals surface area contributed by atoms with Crippen molar-refractivity contribution < 1.29 is 13.5 Å². The number of ether oxygens (including phenoxy) is 1.